The number of sulfonamides is 1. The van der Waals surface area contributed by atoms with Crippen LogP contribution in [0.25, 0.3) is 11.1 Å². The highest BCUT2D eigenvalue weighted by atomic mass is 32.2. The number of benzene rings is 3. The van der Waals surface area contributed by atoms with Gasteiger partial charge in [0.1, 0.15) is 0 Å². The molecule has 0 saturated heterocycles. The van der Waals surface area contributed by atoms with Crippen molar-refractivity contribution in [3.63, 3.8) is 0 Å². The Bertz CT molecular complexity index is 1110. The lowest BCUT2D eigenvalue weighted by Crippen LogP contribution is -2.34. The van der Waals surface area contributed by atoms with Crippen LogP contribution in [0, 0.1) is 0 Å². The second-order valence-electron chi connectivity index (χ2n) is 6.94. The summed E-state index contributed by atoms with van der Waals surface area (Å²) in [6.07, 6.45) is 2.46. The molecule has 0 saturated carbocycles. The van der Waals surface area contributed by atoms with Crippen molar-refractivity contribution in [2.75, 3.05) is 13.4 Å². The molecule has 1 atom stereocenters. The lowest BCUT2D eigenvalue weighted by molar-refractivity contribution is -0.141. The van der Waals surface area contributed by atoms with Crippen molar-refractivity contribution in [2.24, 2.45) is 5.10 Å². The summed E-state index contributed by atoms with van der Waals surface area (Å²) >= 11 is 0. The predicted octanol–water partition coefficient (Wildman–Crippen LogP) is 4.25. The van der Waals surface area contributed by atoms with Crippen LogP contribution in [-0.4, -0.2) is 38.4 Å². The molecule has 0 aliphatic carbocycles. The van der Waals surface area contributed by atoms with E-state index in [1.807, 2.05) is 24.3 Å². The average Bonchev–Trinajstić information content (AvgIpc) is 2.80. The van der Waals surface area contributed by atoms with Crippen molar-refractivity contribution in [1.29, 1.82) is 0 Å². The molecule has 6 nitrogen and oxygen atoms in total. The molecule has 3 aromatic rings. The zero-order chi connectivity index (χ0) is 22.3. The third kappa shape index (κ3) is 5.79. The van der Waals surface area contributed by atoms with E-state index < -0.39 is 22.0 Å². The van der Waals surface area contributed by atoms with Crippen LogP contribution in [0.1, 0.15) is 23.6 Å². The Kier molecular flexibility index (Phi) is 7.20. The first-order valence-electron chi connectivity index (χ1n) is 9.69. The van der Waals surface area contributed by atoms with Crippen LogP contribution in [-0.2, 0) is 19.6 Å². The van der Waals surface area contributed by atoms with Gasteiger partial charge in [0.25, 0.3) is 0 Å². The number of nitrogens with zero attached hydrogens (tertiary/aromatic N) is 2. The molecule has 4 rings (SSSR count). The molecule has 1 aliphatic heterocycles. The topological polar surface area (TPSA) is 76.0 Å². The number of fused-ring (bicyclic) bond motifs is 1. The van der Waals surface area contributed by atoms with Gasteiger partial charge in [-0.3, -0.25) is 4.79 Å². The van der Waals surface area contributed by atoms with Gasteiger partial charge in [-0.25, -0.2) is 8.42 Å². The second kappa shape index (κ2) is 10.0. The molecule has 0 fully saturated rings. The zero-order valence-corrected chi connectivity index (χ0v) is 18.2. The first-order chi connectivity index (χ1) is 14.9. The van der Waals surface area contributed by atoms with E-state index in [-0.39, 0.29) is 6.42 Å². The van der Waals surface area contributed by atoms with Gasteiger partial charge in [0, 0.05) is 0 Å². The van der Waals surface area contributed by atoms with Crippen LogP contribution in [0.3, 0.4) is 0 Å². The third-order valence-electron chi connectivity index (χ3n) is 4.74. The number of rotatable bonds is 4. The summed E-state index contributed by atoms with van der Waals surface area (Å²) in [6.45, 7) is 0. The summed E-state index contributed by atoms with van der Waals surface area (Å²) in [7, 11) is -2.27. The molecule has 1 unspecified atom stereocenters. The molecule has 0 aromatic heterocycles. The van der Waals surface area contributed by atoms with E-state index in [2.05, 4.69) is 58.4 Å². The fraction of sp³-hybridized carbons (Fsp3) is 0.167. The van der Waals surface area contributed by atoms with E-state index in [0.29, 0.717) is 0 Å². The summed E-state index contributed by atoms with van der Waals surface area (Å²) in [4.78, 5) is 11.5. The van der Waals surface area contributed by atoms with E-state index in [0.717, 1.165) is 21.8 Å². The van der Waals surface area contributed by atoms with Gasteiger partial charge in [-0.1, -0.05) is 84.9 Å². The van der Waals surface area contributed by atoms with E-state index in [4.69, 9.17) is 0 Å². The van der Waals surface area contributed by atoms with Gasteiger partial charge >= 0.3 is 5.97 Å². The van der Waals surface area contributed by atoms with Crippen molar-refractivity contribution < 1.29 is 17.9 Å². The Balaban J connectivity index is 0.000000194. The van der Waals surface area contributed by atoms with Crippen LogP contribution >= 0.6 is 0 Å². The number of hydrogen-bond acceptors (Lipinski definition) is 5. The number of carbonyl (C=O) groups excluding carboxylic acids is 1. The molecular weight excluding hydrogens is 412 g/mol. The average molecular weight is 437 g/mol. The Hall–Kier alpha value is -3.45. The molecule has 0 bridgehead atoms. The molecule has 0 N–H and O–H groups in total. The van der Waals surface area contributed by atoms with E-state index in [1.54, 1.807) is 12.1 Å². The van der Waals surface area contributed by atoms with E-state index in [1.165, 1.54) is 24.5 Å². The van der Waals surface area contributed by atoms with E-state index >= 15 is 0 Å². The molecule has 160 valence electrons. The van der Waals surface area contributed by atoms with Gasteiger partial charge in [-0.15, -0.1) is 0 Å². The highest BCUT2D eigenvalue weighted by Crippen LogP contribution is 2.32. The molecule has 1 aliphatic rings. The van der Waals surface area contributed by atoms with Crippen molar-refractivity contribution in [3.8, 4) is 11.1 Å². The Morgan fingerprint density at radius 2 is 1.42 bits per heavy atom. The maximum Gasteiger partial charge on any atom is 0.308 e. The molecular formula is C24H24N2O4S. The normalized spacial score (nSPS) is 14.8. The minimum absolute atomic E-state index is 0.0715. The highest BCUT2D eigenvalue weighted by Gasteiger charge is 2.32. The second-order valence-corrected chi connectivity index (χ2v) is 8.78. The summed E-state index contributed by atoms with van der Waals surface area (Å²) in [5.74, 6) is -0.481. The number of esters is 1. The van der Waals surface area contributed by atoms with Crippen molar-refractivity contribution in [3.05, 3.63) is 96.1 Å². The van der Waals surface area contributed by atoms with Crippen LogP contribution in [0.4, 0.5) is 0 Å². The van der Waals surface area contributed by atoms with Gasteiger partial charge in [-0.05, 0) is 22.3 Å². The number of hydrogen-bond donors (Lipinski definition) is 0. The fourth-order valence-electron chi connectivity index (χ4n) is 3.26. The van der Waals surface area contributed by atoms with Crippen LogP contribution in [0.2, 0.25) is 0 Å². The molecule has 31 heavy (non-hydrogen) atoms. The van der Waals surface area contributed by atoms with Crippen LogP contribution < -0.4 is 0 Å². The number of carbonyl (C=O) groups is 1. The summed E-state index contributed by atoms with van der Waals surface area (Å²) in [6, 6.07) is 27.3. The van der Waals surface area contributed by atoms with Crippen LogP contribution in [0.5, 0.6) is 0 Å². The zero-order valence-electron chi connectivity index (χ0n) is 17.4. The van der Waals surface area contributed by atoms with Gasteiger partial charge in [-0.2, -0.15) is 9.52 Å². The highest BCUT2D eigenvalue weighted by molar-refractivity contribution is 7.88. The maximum atomic E-state index is 11.7. The van der Waals surface area contributed by atoms with Gasteiger partial charge < -0.3 is 4.74 Å². The van der Waals surface area contributed by atoms with Gasteiger partial charge in [0.05, 0.1) is 32.0 Å². The summed E-state index contributed by atoms with van der Waals surface area (Å²) in [5.41, 5.74) is 4.10. The molecule has 0 radical (unpaired) electrons. The van der Waals surface area contributed by atoms with Gasteiger partial charge in [0.2, 0.25) is 10.0 Å². The molecule has 7 heteroatoms. The number of methoxy groups -OCH3 is 1. The SMILES string of the molecule is COC(=O)CC1c2ccccc2C=NN1S(C)(=O)=O.c1ccc(-c2ccccc2)cc1. The monoisotopic (exact) mass is 436 g/mol. The Morgan fingerprint density at radius 1 is 0.903 bits per heavy atom. The predicted molar refractivity (Wildman–Crippen MR) is 122 cm³/mol. The van der Waals surface area contributed by atoms with Crippen molar-refractivity contribution in [1.82, 2.24) is 4.41 Å². The lowest BCUT2D eigenvalue weighted by Gasteiger charge is -2.30. The fourth-order valence-corrected chi connectivity index (χ4v) is 4.13. The van der Waals surface area contributed by atoms with Crippen molar-refractivity contribution >= 4 is 22.2 Å². The first kappa shape index (κ1) is 22.2. The molecule has 1 heterocycles. The number of hydrazone groups is 1. The quantitative estimate of drug-likeness (QED) is 0.573. The Labute approximate surface area is 182 Å². The molecule has 3 aromatic carbocycles. The first-order valence-corrected chi connectivity index (χ1v) is 11.5. The summed E-state index contributed by atoms with van der Waals surface area (Å²) < 4.78 is 29.0. The van der Waals surface area contributed by atoms with Gasteiger partial charge in [0.15, 0.2) is 0 Å². The third-order valence-corrected chi connectivity index (χ3v) is 5.77. The molecule has 0 spiro atoms. The number of ether oxygens (including phenoxy) is 1. The minimum atomic E-state index is -3.54. The maximum absolute atomic E-state index is 11.7. The molecule has 0 amide bonds. The largest absolute Gasteiger partial charge is 0.469 e. The van der Waals surface area contributed by atoms with Crippen molar-refractivity contribution in [2.45, 2.75) is 12.5 Å². The summed E-state index contributed by atoms with van der Waals surface area (Å²) in [5, 5.41) is 3.92. The standard InChI is InChI=1S/C12H14N2O4S.C12H10/c1-18-12(15)7-11-10-6-4-3-5-9(10)8-13-14(11)19(2,16)17;1-3-7-11(8-4-1)12-9-5-2-6-10-12/h3-6,8,11H,7H2,1-2H3;1-10H. The van der Waals surface area contributed by atoms with Crippen LogP contribution in [0.15, 0.2) is 90.0 Å². The smallest absolute Gasteiger partial charge is 0.308 e. The Morgan fingerprint density at radius 3 is 1.94 bits per heavy atom. The van der Waals surface area contributed by atoms with E-state index in [9.17, 15) is 13.2 Å². The lowest BCUT2D eigenvalue weighted by atomic mass is 9.98. The minimum Gasteiger partial charge on any atom is -0.469 e.